The van der Waals surface area contributed by atoms with Crippen molar-refractivity contribution in [2.75, 3.05) is 6.54 Å². The summed E-state index contributed by atoms with van der Waals surface area (Å²) in [5, 5.41) is 11.8. The highest BCUT2D eigenvalue weighted by atomic mass is 16.3. The fourth-order valence-corrected chi connectivity index (χ4v) is 1.29. The van der Waals surface area contributed by atoms with Crippen LogP contribution in [0.3, 0.4) is 0 Å². The summed E-state index contributed by atoms with van der Waals surface area (Å²) in [4.78, 5) is 15.0. The van der Waals surface area contributed by atoms with Crippen LogP contribution >= 0.6 is 0 Å². The summed E-state index contributed by atoms with van der Waals surface area (Å²) in [5.41, 5.74) is 1.25. The van der Waals surface area contributed by atoms with E-state index in [-0.39, 0.29) is 11.7 Å². The van der Waals surface area contributed by atoms with Crippen molar-refractivity contribution in [2.45, 2.75) is 6.42 Å². The normalized spacial score (nSPS) is 15.2. The monoisotopic (exact) mass is 164 g/mol. The fraction of sp³-hybridized carbons (Fsp3) is 0.250. The van der Waals surface area contributed by atoms with E-state index in [9.17, 15) is 4.79 Å². The maximum Gasteiger partial charge on any atom is 0.270 e. The van der Waals surface area contributed by atoms with Gasteiger partial charge >= 0.3 is 0 Å². The molecule has 0 atom stereocenters. The van der Waals surface area contributed by atoms with Crippen LogP contribution in [0.25, 0.3) is 0 Å². The molecule has 0 aromatic carbocycles. The van der Waals surface area contributed by atoms with Gasteiger partial charge < -0.3 is 10.4 Å². The molecule has 1 aliphatic heterocycles. The van der Waals surface area contributed by atoms with Crippen LogP contribution in [-0.2, 0) is 6.42 Å². The molecule has 0 saturated carbocycles. The first kappa shape index (κ1) is 7.09. The van der Waals surface area contributed by atoms with E-state index in [0.29, 0.717) is 12.2 Å². The number of amides is 1. The summed E-state index contributed by atoms with van der Waals surface area (Å²) in [6.45, 7) is 0.622. The number of aromatic hydroxyl groups is 1. The highest BCUT2D eigenvalue weighted by molar-refractivity contribution is 5.94. The Morgan fingerprint density at radius 1 is 1.58 bits per heavy atom. The third-order valence-electron chi connectivity index (χ3n) is 1.85. The van der Waals surface area contributed by atoms with Gasteiger partial charge in [0.1, 0.15) is 11.4 Å². The molecule has 2 N–H and O–H groups in total. The van der Waals surface area contributed by atoms with E-state index < -0.39 is 0 Å². The van der Waals surface area contributed by atoms with Gasteiger partial charge in [0.25, 0.3) is 5.91 Å². The molecule has 4 nitrogen and oxygen atoms in total. The zero-order valence-corrected chi connectivity index (χ0v) is 6.37. The highest BCUT2D eigenvalue weighted by Crippen LogP contribution is 2.16. The number of nitrogens with zero attached hydrogens (tertiary/aromatic N) is 1. The summed E-state index contributed by atoms with van der Waals surface area (Å²) in [5.74, 6) is -0.0419. The van der Waals surface area contributed by atoms with E-state index in [1.165, 1.54) is 6.20 Å². The Morgan fingerprint density at radius 2 is 2.42 bits per heavy atom. The first-order valence-electron chi connectivity index (χ1n) is 3.73. The molecule has 2 rings (SSSR count). The molecule has 2 heterocycles. The van der Waals surface area contributed by atoms with E-state index in [0.717, 1.165) is 12.0 Å². The standard InChI is InChI=1S/C8H8N2O2/c11-6-3-5-1-2-9-8(12)7(5)10-4-6/h3-4,11H,1-2H2,(H,9,12). The molecule has 0 unspecified atom stereocenters. The van der Waals surface area contributed by atoms with Crippen molar-refractivity contribution in [3.05, 3.63) is 23.5 Å². The Hall–Kier alpha value is -1.58. The van der Waals surface area contributed by atoms with Gasteiger partial charge in [0.05, 0.1) is 6.20 Å². The lowest BCUT2D eigenvalue weighted by atomic mass is 10.1. The number of pyridine rings is 1. The molecule has 0 bridgehead atoms. The van der Waals surface area contributed by atoms with Crippen LogP contribution in [0.15, 0.2) is 12.3 Å². The second-order valence-electron chi connectivity index (χ2n) is 2.71. The number of hydrogen-bond acceptors (Lipinski definition) is 3. The van der Waals surface area contributed by atoms with Crippen molar-refractivity contribution >= 4 is 5.91 Å². The molecule has 0 radical (unpaired) electrons. The molecule has 0 spiro atoms. The quantitative estimate of drug-likeness (QED) is 0.570. The van der Waals surface area contributed by atoms with Gasteiger partial charge in [0.15, 0.2) is 0 Å². The van der Waals surface area contributed by atoms with Crippen molar-refractivity contribution < 1.29 is 9.90 Å². The molecular weight excluding hydrogens is 156 g/mol. The number of fused-ring (bicyclic) bond motifs is 1. The molecule has 0 aliphatic carbocycles. The average molecular weight is 164 g/mol. The zero-order valence-electron chi connectivity index (χ0n) is 6.37. The maximum atomic E-state index is 11.1. The van der Waals surface area contributed by atoms with E-state index >= 15 is 0 Å². The van der Waals surface area contributed by atoms with Gasteiger partial charge in [0.2, 0.25) is 0 Å². The smallest absolute Gasteiger partial charge is 0.270 e. The lowest BCUT2D eigenvalue weighted by Gasteiger charge is -2.14. The topological polar surface area (TPSA) is 62.2 Å². The second kappa shape index (κ2) is 2.48. The molecule has 4 heteroatoms. The molecule has 1 aliphatic rings. The van der Waals surface area contributed by atoms with E-state index in [1.54, 1.807) is 6.07 Å². The molecule has 1 aromatic heterocycles. The Balaban J connectivity index is 2.53. The van der Waals surface area contributed by atoms with Crippen LogP contribution in [0.1, 0.15) is 16.1 Å². The van der Waals surface area contributed by atoms with E-state index in [2.05, 4.69) is 10.3 Å². The Labute approximate surface area is 69.2 Å². The number of aromatic nitrogens is 1. The zero-order chi connectivity index (χ0) is 8.55. The van der Waals surface area contributed by atoms with Gasteiger partial charge in [-0.2, -0.15) is 0 Å². The first-order chi connectivity index (χ1) is 5.77. The van der Waals surface area contributed by atoms with Crippen molar-refractivity contribution in [3.8, 4) is 5.75 Å². The largest absolute Gasteiger partial charge is 0.506 e. The van der Waals surface area contributed by atoms with Gasteiger partial charge in [0, 0.05) is 6.54 Å². The first-order valence-corrected chi connectivity index (χ1v) is 3.73. The number of carbonyl (C=O) groups is 1. The second-order valence-corrected chi connectivity index (χ2v) is 2.71. The summed E-state index contributed by atoms with van der Waals surface area (Å²) in [7, 11) is 0. The van der Waals surface area contributed by atoms with Crippen molar-refractivity contribution in [3.63, 3.8) is 0 Å². The molecule has 1 aromatic rings. The lowest BCUT2D eigenvalue weighted by Crippen LogP contribution is -2.32. The Kier molecular flexibility index (Phi) is 1.46. The minimum absolute atomic E-state index is 0.114. The summed E-state index contributed by atoms with van der Waals surface area (Å²) in [6, 6.07) is 1.58. The van der Waals surface area contributed by atoms with Crippen LogP contribution in [0.4, 0.5) is 0 Å². The van der Waals surface area contributed by atoms with Crippen LogP contribution in [0.5, 0.6) is 5.75 Å². The third-order valence-corrected chi connectivity index (χ3v) is 1.85. The van der Waals surface area contributed by atoms with E-state index in [1.807, 2.05) is 0 Å². The predicted molar refractivity (Wildman–Crippen MR) is 41.9 cm³/mol. The molecule has 1 amide bonds. The number of rotatable bonds is 0. The van der Waals surface area contributed by atoms with Crippen LogP contribution in [0.2, 0.25) is 0 Å². The number of nitrogens with one attached hydrogen (secondary N) is 1. The molecule has 12 heavy (non-hydrogen) atoms. The van der Waals surface area contributed by atoms with Gasteiger partial charge in [-0.25, -0.2) is 4.98 Å². The molecular formula is C8H8N2O2. The highest BCUT2D eigenvalue weighted by Gasteiger charge is 2.17. The van der Waals surface area contributed by atoms with E-state index in [4.69, 9.17) is 5.11 Å². The molecule has 0 saturated heterocycles. The Bertz CT molecular complexity index is 336. The van der Waals surface area contributed by atoms with Gasteiger partial charge in [-0.05, 0) is 18.1 Å². The summed E-state index contributed by atoms with van der Waals surface area (Å²) < 4.78 is 0. The SMILES string of the molecule is O=C1NCCc2cc(O)cnc21. The number of carbonyl (C=O) groups excluding carboxylic acids is 1. The van der Waals surface area contributed by atoms with Crippen LogP contribution < -0.4 is 5.32 Å². The van der Waals surface area contributed by atoms with Crippen LogP contribution in [0, 0.1) is 0 Å². The summed E-state index contributed by atoms with van der Waals surface area (Å²) >= 11 is 0. The predicted octanol–water partition coefficient (Wildman–Crippen LogP) is 0.0731. The van der Waals surface area contributed by atoms with Gasteiger partial charge in [-0.15, -0.1) is 0 Å². The lowest BCUT2D eigenvalue weighted by molar-refractivity contribution is 0.0940. The summed E-state index contributed by atoms with van der Waals surface area (Å²) in [6.07, 6.45) is 2.02. The number of hydrogen-bond donors (Lipinski definition) is 2. The average Bonchev–Trinajstić information content (AvgIpc) is 2.04. The maximum absolute atomic E-state index is 11.1. The van der Waals surface area contributed by atoms with Crippen molar-refractivity contribution in [1.82, 2.24) is 10.3 Å². The van der Waals surface area contributed by atoms with Gasteiger partial charge in [-0.1, -0.05) is 0 Å². The minimum atomic E-state index is -0.156. The fourth-order valence-electron chi connectivity index (χ4n) is 1.29. The molecule has 62 valence electrons. The van der Waals surface area contributed by atoms with Crippen molar-refractivity contribution in [1.29, 1.82) is 0 Å². The third kappa shape index (κ3) is 1.01. The van der Waals surface area contributed by atoms with Gasteiger partial charge in [-0.3, -0.25) is 4.79 Å². The van der Waals surface area contributed by atoms with Crippen molar-refractivity contribution in [2.24, 2.45) is 0 Å². The van der Waals surface area contributed by atoms with Crippen LogP contribution in [-0.4, -0.2) is 22.5 Å². The minimum Gasteiger partial charge on any atom is -0.506 e. The molecule has 0 fully saturated rings. The Morgan fingerprint density at radius 3 is 3.25 bits per heavy atom.